The second-order valence-corrected chi connectivity index (χ2v) is 6.23. The lowest BCUT2D eigenvalue weighted by molar-refractivity contribution is -0.0387. The van der Waals surface area contributed by atoms with E-state index in [1.807, 2.05) is 24.5 Å². The molecule has 4 rings (SSSR count). The van der Waals surface area contributed by atoms with Gasteiger partial charge in [-0.15, -0.1) is 0 Å². The normalized spacial score (nSPS) is 23.9. The fourth-order valence-corrected chi connectivity index (χ4v) is 3.60. The molecule has 2 aromatic rings. The van der Waals surface area contributed by atoms with Gasteiger partial charge in [-0.05, 0) is 38.1 Å². The quantitative estimate of drug-likeness (QED) is 0.901. The van der Waals surface area contributed by atoms with E-state index < -0.39 is 0 Å². The zero-order valence-electron chi connectivity index (χ0n) is 13.2. The third kappa shape index (κ3) is 3.15. The molecule has 2 aliphatic heterocycles. The minimum atomic E-state index is 0.220. The number of aromatic amines is 1. The van der Waals surface area contributed by atoms with Gasteiger partial charge >= 0.3 is 0 Å². The lowest BCUT2D eigenvalue weighted by Gasteiger charge is -2.41. The van der Waals surface area contributed by atoms with Gasteiger partial charge in [0.15, 0.2) is 0 Å². The lowest BCUT2D eigenvalue weighted by Crippen LogP contribution is -2.49. The van der Waals surface area contributed by atoms with Crippen molar-refractivity contribution in [2.45, 2.75) is 24.9 Å². The van der Waals surface area contributed by atoms with Crippen molar-refractivity contribution in [3.05, 3.63) is 36.5 Å². The van der Waals surface area contributed by atoms with Crippen LogP contribution in [0.2, 0.25) is 0 Å². The molecule has 2 fully saturated rings. The Bertz CT molecular complexity index is 623. The molecule has 2 aliphatic rings. The molecule has 0 radical (unpaired) electrons. The van der Waals surface area contributed by atoms with E-state index in [4.69, 9.17) is 4.74 Å². The van der Waals surface area contributed by atoms with E-state index in [1.165, 1.54) is 12.8 Å². The molecule has 0 spiro atoms. The van der Waals surface area contributed by atoms with Crippen molar-refractivity contribution in [3.63, 3.8) is 0 Å². The highest BCUT2D eigenvalue weighted by Crippen LogP contribution is 2.28. The van der Waals surface area contributed by atoms with Crippen molar-refractivity contribution in [2.24, 2.45) is 0 Å². The molecule has 0 bridgehead atoms. The van der Waals surface area contributed by atoms with Gasteiger partial charge in [0.05, 0.1) is 31.1 Å². The van der Waals surface area contributed by atoms with Crippen molar-refractivity contribution in [2.75, 3.05) is 32.8 Å². The van der Waals surface area contributed by atoms with E-state index in [9.17, 15) is 0 Å². The Hall–Kier alpha value is -1.76. The first-order chi connectivity index (χ1) is 11.4. The van der Waals surface area contributed by atoms with E-state index in [-0.39, 0.29) is 6.04 Å². The number of nitrogens with zero attached hydrogens (tertiary/aromatic N) is 3. The molecule has 1 atom stereocenters. The average molecular weight is 313 g/mol. The molecule has 2 aromatic heterocycles. The van der Waals surface area contributed by atoms with Crippen LogP contribution in [-0.2, 0) is 4.74 Å². The van der Waals surface area contributed by atoms with Gasteiger partial charge in [-0.3, -0.25) is 9.88 Å². The maximum absolute atomic E-state index is 5.74. The molecule has 6 heteroatoms. The Morgan fingerprint density at radius 1 is 1.22 bits per heavy atom. The number of hydrogen-bond acceptors (Lipinski definition) is 5. The van der Waals surface area contributed by atoms with Crippen LogP contribution < -0.4 is 5.32 Å². The summed E-state index contributed by atoms with van der Waals surface area (Å²) in [5.41, 5.74) is 2.08. The predicted octanol–water partition coefficient (Wildman–Crippen LogP) is 1.60. The summed E-state index contributed by atoms with van der Waals surface area (Å²) in [6.45, 7) is 4.72. The van der Waals surface area contributed by atoms with Crippen LogP contribution in [0.5, 0.6) is 0 Å². The zero-order chi connectivity index (χ0) is 15.5. The molecule has 6 nitrogen and oxygen atoms in total. The standard InChI is InChI=1S/C17H23N5O/c1-2-13(10-19-5-1)15-11-20-17(21-15)16-12-23-9-8-22(16)14-3-6-18-7-4-14/h1-2,5,10-11,14,16,18H,3-4,6-9,12H2,(H,20,21)/t16-/m0/s1. The summed E-state index contributed by atoms with van der Waals surface area (Å²) in [4.78, 5) is 14.9. The van der Waals surface area contributed by atoms with Crippen LogP contribution >= 0.6 is 0 Å². The van der Waals surface area contributed by atoms with Crippen LogP contribution in [0.4, 0.5) is 0 Å². The number of imidazole rings is 1. The van der Waals surface area contributed by atoms with E-state index in [0.29, 0.717) is 12.6 Å². The van der Waals surface area contributed by atoms with E-state index in [0.717, 1.165) is 43.3 Å². The van der Waals surface area contributed by atoms with Crippen molar-refractivity contribution in [3.8, 4) is 11.3 Å². The first-order valence-electron chi connectivity index (χ1n) is 8.41. The van der Waals surface area contributed by atoms with Crippen LogP contribution in [0.15, 0.2) is 30.7 Å². The van der Waals surface area contributed by atoms with Crippen molar-refractivity contribution in [1.82, 2.24) is 25.2 Å². The van der Waals surface area contributed by atoms with Gasteiger partial charge in [0.2, 0.25) is 0 Å². The Kier molecular flexibility index (Phi) is 4.37. The Balaban J connectivity index is 1.56. The topological polar surface area (TPSA) is 66.1 Å². The summed E-state index contributed by atoms with van der Waals surface area (Å²) in [7, 11) is 0. The number of morpholine rings is 1. The molecule has 2 saturated heterocycles. The summed E-state index contributed by atoms with van der Waals surface area (Å²) in [5.74, 6) is 1.00. The largest absolute Gasteiger partial charge is 0.378 e. The van der Waals surface area contributed by atoms with Gasteiger partial charge in [0.1, 0.15) is 5.82 Å². The van der Waals surface area contributed by atoms with Crippen LogP contribution in [0.1, 0.15) is 24.7 Å². The molecule has 4 heterocycles. The lowest BCUT2D eigenvalue weighted by atomic mass is 10.0. The molecule has 0 aromatic carbocycles. The number of H-pyrrole nitrogens is 1. The molecule has 0 aliphatic carbocycles. The monoisotopic (exact) mass is 313 g/mol. The SMILES string of the molecule is c1cncc(-c2cnc([C@@H]3COCCN3C3CCNCC3)[nH]2)c1. The highest BCUT2D eigenvalue weighted by atomic mass is 16.5. The molecule has 23 heavy (non-hydrogen) atoms. The molecule has 122 valence electrons. The third-order valence-corrected chi connectivity index (χ3v) is 4.83. The maximum Gasteiger partial charge on any atom is 0.126 e. The maximum atomic E-state index is 5.74. The summed E-state index contributed by atoms with van der Waals surface area (Å²) < 4.78 is 5.74. The van der Waals surface area contributed by atoms with Crippen LogP contribution in [0.25, 0.3) is 11.3 Å². The fourth-order valence-electron chi connectivity index (χ4n) is 3.60. The van der Waals surface area contributed by atoms with Gasteiger partial charge < -0.3 is 15.0 Å². The minimum absolute atomic E-state index is 0.220. The number of ether oxygens (including phenoxy) is 1. The zero-order valence-corrected chi connectivity index (χ0v) is 13.2. The molecular formula is C17H23N5O. The smallest absolute Gasteiger partial charge is 0.126 e. The van der Waals surface area contributed by atoms with Crippen molar-refractivity contribution in [1.29, 1.82) is 0 Å². The number of pyridine rings is 1. The van der Waals surface area contributed by atoms with Crippen LogP contribution in [0.3, 0.4) is 0 Å². The fraction of sp³-hybridized carbons (Fsp3) is 0.529. The number of rotatable bonds is 3. The highest BCUT2D eigenvalue weighted by molar-refractivity contribution is 5.56. The second kappa shape index (κ2) is 6.78. The number of hydrogen-bond donors (Lipinski definition) is 2. The Morgan fingerprint density at radius 3 is 2.96 bits per heavy atom. The first-order valence-corrected chi connectivity index (χ1v) is 8.41. The van der Waals surface area contributed by atoms with Gasteiger partial charge in [-0.2, -0.15) is 0 Å². The summed E-state index contributed by atoms with van der Waals surface area (Å²) >= 11 is 0. The molecule has 0 saturated carbocycles. The molecule has 0 amide bonds. The van der Waals surface area contributed by atoms with Crippen LogP contribution in [0, 0.1) is 0 Å². The minimum Gasteiger partial charge on any atom is -0.378 e. The number of piperidine rings is 1. The van der Waals surface area contributed by atoms with Gasteiger partial charge in [-0.1, -0.05) is 0 Å². The molecule has 2 N–H and O–H groups in total. The number of aromatic nitrogens is 3. The third-order valence-electron chi connectivity index (χ3n) is 4.83. The van der Waals surface area contributed by atoms with Crippen molar-refractivity contribution < 1.29 is 4.74 Å². The summed E-state index contributed by atoms with van der Waals surface area (Å²) in [5, 5.41) is 3.45. The predicted molar refractivity (Wildman–Crippen MR) is 88.0 cm³/mol. The highest BCUT2D eigenvalue weighted by Gasteiger charge is 2.32. The van der Waals surface area contributed by atoms with E-state index in [2.05, 4.69) is 25.2 Å². The Labute approximate surface area is 136 Å². The first kappa shape index (κ1) is 14.8. The van der Waals surface area contributed by atoms with E-state index >= 15 is 0 Å². The van der Waals surface area contributed by atoms with Crippen molar-refractivity contribution >= 4 is 0 Å². The van der Waals surface area contributed by atoms with E-state index in [1.54, 1.807) is 6.20 Å². The Morgan fingerprint density at radius 2 is 2.13 bits per heavy atom. The number of nitrogens with one attached hydrogen (secondary N) is 2. The average Bonchev–Trinajstić information content (AvgIpc) is 3.13. The van der Waals surface area contributed by atoms with Gasteiger partial charge in [-0.25, -0.2) is 4.98 Å². The second-order valence-electron chi connectivity index (χ2n) is 6.23. The molecular weight excluding hydrogens is 290 g/mol. The van der Waals surface area contributed by atoms with Gasteiger partial charge in [0.25, 0.3) is 0 Å². The van der Waals surface area contributed by atoms with Crippen LogP contribution in [-0.4, -0.2) is 58.7 Å². The van der Waals surface area contributed by atoms with Gasteiger partial charge in [0, 0.05) is 30.5 Å². The summed E-state index contributed by atoms with van der Waals surface area (Å²) in [6.07, 6.45) is 7.95. The molecule has 0 unspecified atom stereocenters. The summed E-state index contributed by atoms with van der Waals surface area (Å²) in [6, 6.07) is 4.84.